The molecule has 8 nitrogen and oxygen atoms in total. The zero-order chi connectivity index (χ0) is 20.0. The molecule has 2 rings (SSSR count). The summed E-state index contributed by atoms with van der Waals surface area (Å²) in [7, 11) is 1.35. The highest BCUT2D eigenvalue weighted by molar-refractivity contribution is 6.31. The number of carbonyl (C=O) groups excluding carboxylic acids is 2. The number of hydrogen-bond acceptors (Lipinski definition) is 7. The predicted molar refractivity (Wildman–Crippen MR) is 98.0 cm³/mol. The van der Waals surface area contributed by atoms with Crippen molar-refractivity contribution in [3.8, 4) is 11.5 Å². The Hall–Kier alpha value is -2.87. The highest BCUT2D eigenvalue weighted by Gasteiger charge is 2.23. The van der Waals surface area contributed by atoms with Crippen LogP contribution in [0, 0.1) is 0 Å². The second kappa shape index (κ2) is 9.18. The third kappa shape index (κ3) is 5.07. The number of hydrogen-bond donors (Lipinski definition) is 2. The lowest BCUT2D eigenvalue weighted by Crippen LogP contribution is -2.40. The average molecular weight is 394 g/mol. The van der Waals surface area contributed by atoms with Crippen LogP contribution >= 0.6 is 11.6 Å². The zero-order valence-electron chi connectivity index (χ0n) is 15.1. The second-order valence-electron chi connectivity index (χ2n) is 5.81. The van der Waals surface area contributed by atoms with E-state index in [0.29, 0.717) is 10.7 Å². The summed E-state index contributed by atoms with van der Waals surface area (Å²) >= 11 is 6.07. The number of nitrogens with one attached hydrogen (secondary N) is 1. The van der Waals surface area contributed by atoms with Crippen LogP contribution in [0.2, 0.25) is 5.02 Å². The molecule has 0 aliphatic carbocycles. The first-order valence-electron chi connectivity index (χ1n) is 8.15. The lowest BCUT2D eigenvalue weighted by Gasteiger charge is -2.17. The van der Waals surface area contributed by atoms with Crippen LogP contribution in [0.3, 0.4) is 0 Å². The van der Waals surface area contributed by atoms with Crippen LogP contribution < -0.4 is 10.1 Å². The van der Waals surface area contributed by atoms with Gasteiger partial charge in [-0.1, -0.05) is 18.5 Å². The van der Waals surface area contributed by atoms with Gasteiger partial charge in [0.2, 0.25) is 0 Å². The number of rotatable bonds is 7. The van der Waals surface area contributed by atoms with Crippen LogP contribution in [0.1, 0.15) is 35.9 Å². The molecule has 0 saturated carbocycles. The predicted octanol–water partition coefficient (Wildman–Crippen LogP) is 2.31. The molecule has 0 radical (unpaired) electrons. The molecule has 2 aromatic rings. The summed E-state index contributed by atoms with van der Waals surface area (Å²) in [5, 5.41) is 12.9. The second-order valence-corrected chi connectivity index (χ2v) is 6.21. The molecule has 0 aromatic carbocycles. The Morgan fingerprint density at radius 3 is 2.67 bits per heavy atom. The number of aromatic hydroxyl groups is 1. The molecule has 0 saturated heterocycles. The lowest BCUT2D eigenvalue weighted by atomic mass is 10.1. The van der Waals surface area contributed by atoms with Crippen molar-refractivity contribution in [1.82, 2.24) is 15.3 Å². The first-order chi connectivity index (χ1) is 12.8. The monoisotopic (exact) mass is 393 g/mol. The Morgan fingerprint density at radius 2 is 2.00 bits per heavy atom. The van der Waals surface area contributed by atoms with E-state index in [1.165, 1.54) is 26.3 Å². The van der Waals surface area contributed by atoms with Crippen LogP contribution in [0.15, 0.2) is 30.6 Å². The number of halogens is 1. The molecule has 0 bridgehead atoms. The van der Waals surface area contributed by atoms with E-state index in [-0.39, 0.29) is 24.0 Å². The molecule has 0 spiro atoms. The molecule has 0 aliphatic heterocycles. The van der Waals surface area contributed by atoms with E-state index in [2.05, 4.69) is 15.3 Å². The van der Waals surface area contributed by atoms with Gasteiger partial charge in [-0.2, -0.15) is 0 Å². The van der Waals surface area contributed by atoms with Gasteiger partial charge in [-0.05, 0) is 19.1 Å². The van der Waals surface area contributed by atoms with Crippen molar-refractivity contribution in [2.45, 2.75) is 25.8 Å². The van der Waals surface area contributed by atoms with Crippen molar-refractivity contribution in [2.75, 3.05) is 13.7 Å². The highest BCUT2D eigenvalue weighted by atomic mass is 35.5. The number of methoxy groups -OCH3 is 1. The van der Waals surface area contributed by atoms with Gasteiger partial charge in [0.25, 0.3) is 5.91 Å². The topological polar surface area (TPSA) is 111 Å². The van der Waals surface area contributed by atoms with E-state index in [9.17, 15) is 14.7 Å². The summed E-state index contributed by atoms with van der Waals surface area (Å²) in [6.07, 6.45) is 2.92. The van der Waals surface area contributed by atoms with E-state index in [1.54, 1.807) is 18.3 Å². The van der Waals surface area contributed by atoms with Crippen LogP contribution in [0.5, 0.6) is 11.5 Å². The molecule has 2 heterocycles. The molecule has 9 heteroatoms. The standard InChI is InChI=1S/C18H20ClN3O5/c1-10(14-12(19)5-4-7-20-14)9-27-18(25)11(2)22-17(24)15-16(23)13(26-3)6-8-21-15/h4-8,10-11,23H,9H2,1-3H3,(H,22,24). The highest BCUT2D eigenvalue weighted by Crippen LogP contribution is 2.27. The molecule has 2 unspecified atom stereocenters. The summed E-state index contributed by atoms with van der Waals surface area (Å²) in [4.78, 5) is 32.3. The maximum Gasteiger partial charge on any atom is 0.328 e. The number of ether oxygens (including phenoxy) is 2. The number of esters is 1. The minimum atomic E-state index is -0.948. The Labute approximate surface area is 161 Å². The summed E-state index contributed by atoms with van der Waals surface area (Å²) in [5.41, 5.74) is 0.372. The van der Waals surface area contributed by atoms with Gasteiger partial charge < -0.3 is 19.9 Å². The average Bonchev–Trinajstić information content (AvgIpc) is 2.66. The quantitative estimate of drug-likeness (QED) is 0.694. The first kappa shape index (κ1) is 20.4. The molecular formula is C18H20ClN3O5. The van der Waals surface area contributed by atoms with E-state index >= 15 is 0 Å². The fraction of sp³-hybridized carbons (Fsp3) is 0.333. The Bertz CT molecular complexity index is 830. The summed E-state index contributed by atoms with van der Waals surface area (Å²) in [6, 6.07) is 3.88. The summed E-state index contributed by atoms with van der Waals surface area (Å²) in [5.74, 6) is -1.88. The SMILES string of the molecule is COc1ccnc(C(=O)NC(C)C(=O)OCC(C)c2ncccc2Cl)c1O. The van der Waals surface area contributed by atoms with Crippen molar-refractivity contribution in [3.05, 3.63) is 47.0 Å². The van der Waals surface area contributed by atoms with Gasteiger partial charge in [-0.15, -0.1) is 0 Å². The van der Waals surface area contributed by atoms with E-state index < -0.39 is 23.7 Å². The van der Waals surface area contributed by atoms with Crippen molar-refractivity contribution in [1.29, 1.82) is 0 Å². The van der Waals surface area contributed by atoms with Crippen LogP contribution in [-0.4, -0.2) is 46.7 Å². The van der Waals surface area contributed by atoms with Gasteiger partial charge in [-0.25, -0.2) is 9.78 Å². The van der Waals surface area contributed by atoms with Gasteiger partial charge in [0, 0.05) is 24.4 Å². The molecular weight excluding hydrogens is 374 g/mol. The first-order valence-corrected chi connectivity index (χ1v) is 8.52. The fourth-order valence-electron chi connectivity index (χ4n) is 2.26. The Morgan fingerprint density at radius 1 is 1.26 bits per heavy atom. The molecule has 0 aliphatic rings. The Kier molecular flexibility index (Phi) is 6.95. The van der Waals surface area contributed by atoms with Crippen molar-refractivity contribution < 1.29 is 24.2 Å². The third-order valence-electron chi connectivity index (χ3n) is 3.75. The molecule has 2 N–H and O–H groups in total. The van der Waals surface area contributed by atoms with Crippen LogP contribution in [-0.2, 0) is 9.53 Å². The van der Waals surface area contributed by atoms with E-state index in [1.807, 2.05) is 6.92 Å². The normalized spacial score (nSPS) is 12.7. The van der Waals surface area contributed by atoms with Crippen molar-refractivity contribution in [2.24, 2.45) is 0 Å². The number of amides is 1. The largest absolute Gasteiger partial charge is 0.503 e. The fourth-order valence-corrected chi connectivity index (χ4v) is 2.57. The van der Waals surface area contributed by atoms with Crippen LogP contribution in [0.25, 0.3) is 0 Å². The van der Waals surface area contributed by atoms with Gasteiger partial charge in [-0.3, -0.25) is 9.78 Å². The van der Waals surface area contributed by atoms with Crippen LogP contribution in [0.4, 0.5) is 0 Å². The van der Waals surface area contributed by atoms with Gasteiger partial charge >= 0.3 is 5.97 Å². The smallest absolute Gasteiger partial charge is 0.328 e. The maximum absolute atomic E-state index is 12.2. The Balaban J connectivity index is 1.94. The zero-order valence-corrected chi connectivity index (χ0v) is 15.9. The molecule has 0 fully saturated rings. The maximum atomic E-state index is 12.2. The molecule has 2 aromatic heterocycles. The number of nitrogens with zero attached hydrogens (tertiary/aromatic N) is 2. The number of pyridine rings is 2. The molecule has 2 atom stereocenters. The molecule has 1 amide bonds. The summed E-state index contributed by atoms with van der Waals surface area (Å²) < 4.78 is 10.2. The number of carbonyl (C=O) groups is 2. The van der Waals surface area contributed by atoms with E-state index in [4.69, 9.17) is 21.1 Å². The van der Waals surface area contributed by atoms with Gasteiger partial charge in [0.15, 0.2) is 17.2 Å². The van der Waals surface area contributed by atoms with E-state index in [0.717, 1.165) is 0 Å². The third-order valence-corrected chi connectivity index (χ3v) is 4.07. The van der Waals surface area contributed by atoms with Gasteiger partial charge in [0.1, 0.15) is 6.04 Å². The molecule has 144 valence electrons. The number of aromatic nitrogens is 2. The lowest BCUT2D eigenvalue weighted by molar-refractivity contribution is -0.145. The minimum Gasteiger partial charge on any atom is -0.503 e. The minimum absolute atomic E-state index is 0.0540. The van der Waals surface area contributed by atoms with Gasteiger partial charge in [0.05, 0.1) is 24.4 Å². The van der Waals surface area contributed by atoms with Crippen molar-refractivity contribution >= 4 is 23.5 Å². The summed E-state index contributed by atoms with van der Waals surface area (Å²) in [6.45, 7) is 3.34. The molecule has 27 heavy (non-hydrogen) atoms. The van der Waals surface area contributed by atoms with Crippen molar-refractivity contribution in [3.63, 3.8) is 0 Å².